The van der Waals surface area contributed by atoms with Gasteiger partial charge in [0.1, 0.15) is 11.0 Å². The maximum absolute atomic E-state index is 10.5. The SMILES string of the molecule is O=C(O)Cc1ccc(Cl)c2nsnc12. The molecular weight excluding hydrogens is 224 g/mol. The van der Waals surface area contributed by atoms with Crippen molar-refractivity contribution in [1.82, 2.24) is 8.75 Å². The summed E-state index contributed by atoms with van der Waals surface area (Å²) in [6.07, 6.45) is -0.0565. The van der Waals surface area contributed by atoms with Crippen LogP contribution in [0.5, 0.6) is 0 Å². The molecule has 72 valence electrons. The molecule has 0 atom stereocenters. The molecule has 0 radical (unpaired) electrons. The van der Waals surface area contributed by atoms with Crippen molar-refractivity contribution in [2.45, 2.75) is 6.42 Å². The summed E-state index contributed by atoms with van der Waals surface area (Å²) in [6, 6.07) is 3.31. The summed E-state index contributed by atoms with van der Waals surface area (Å²) in [4.78, 5) is 10.5. The van der Waals surface area contributed by atoms with Crippen LogP contribution in [-0.4, -0.2) is 19.8 Å². The lowest BCUT2D eigenvalue weighted by atomic mass is 10.1. The van der Waals surface area contributed by atoms with Crippen molar-refractivity contribution in [1.29, 1.82) is 0 Å². The van der Waals surface area contributed by atoms with Crippen LogP contribution in [0.1, 0.15) is 5.56 Å². The lowest BCUT2D eigenvalue weighted by Gasteiger charge is -1.98. The normalized spacial score (nSPS) is 10.6. The highest BCUT2D eigenvalue weighted by Crippen LogP contribution is 2.24. The summed E-state index contributed by atoms with van der Waals surface area (Å²) in [6.45, 7) is 0. The topological polar surface area (TPSA) is 63.1 Å². The second kappa shape index (κ2) is 3.51. The Balaban J connectivity index is 2.60. The van der Waals surface area contributed by atoms with Crippen molar-refractivity contribution in [3.05, 3.63) is 22.7 Å². The third-order valence-electron chi connectivity index (χ3n) is 1.79. The molecule has 1 heterocycles. The van der Waals surface area contributed by atoms with Gasteiger partial charge in [-0.05, 0) is 11.6 Å². The van der Waals surface area contributed by atoms with Crippen LogP contribution in [-0.2, 0) is 11.2 Å². The van der Waals surface area contributed by atoms with E-state index in [1.54, 1.807) is 12.1 Å². The Bertz CT molecular complexity index is 497. The molecule has 0 saturated carbocycles. The zero-order chi connectivity index (χ0) is 10.1. The van der Waals surface area contributed by atoms with Gasteiger partial charge in [-0.2, -0.15) is 8.75 Å². The fourth-order valence-corrected chi connectivity index (χ4v) is 2.03. The monoisotopic (exact) mass is 228 g/mol. The van der Waals surface area contributed by atoms with Crippen molar-refractivity contribution in [2.75, 3.05) is 0 Å². The van der Waals surface area contributed by atoms with Crippen LogP contribution in [0.25, 0.3) is 11.0 Å². The minimum Gasteiger partial charge on any atom is -0.481 e. The summed E-state index contributed by atoms with van der Waals surface area (Å²) in [5, 5.41) is 9.16. The number of rotatable bonds is 2. The van der Waals surface area contributed by atoms with Gasteiger partial charge >= 0.3 is 5.97 Å². The molecule has 6 heteroatoms. The molecule has 2 aromatic rings. The van der Waals surface area contributed by atoms with Gasteiger partial charge in [-0.25, -0.2) is 0 Å². The van der Waals surface area contributed by atoms with Gasteiger partial charge in [0.05, 0.1) is 23.2 Å². The number of fused-ring (bicyclic) bond motifs is 1. The summed E-state index contributed by atoms with van der Waals surface area (Å²) < 4.78 is 8.01. The van der Waals surface area contributed by atoms with E-state index >= 15 is 0 Å². The first-order valence-electron chi connectivity index (χ1n) is 3.80. The number of hydrogen-bond donors (Lipinski definition) is 1. The first kappa shape index (κ1) is 9.36. The molecule has 1 aromatic carbocycles. The van der Waals surface area contributed by atoms with Gasteiger partial charge in [0.25, 0.3) is 0 Å². The number of halogens is 1. The minimum atomic E-state index is -0.887. The number of carbonyl (C=O) groups is 1. The third-order valence-corrected chi connectivity index (χ3v) is 2.62. The average Bonchev–Trinajstić information content (AvgIpc) is 2.58. The van der Waals surface area contributed by atoms with Gasteiger partial charge in [-0.15, -0.1) is 0 Å². The summed E-state index contributed by atoms with van der Waals surface area (Å²) in [7, 11) is 0. The van der Waals surface area contributed by atoms with Crippen LogP contribution < -0.4 is 0 Å². The van der Waals surface area contributed by atoms with Crippen LogP contribution in [0.3, 0.4) is 0 Å². The fraction of sp³-hybridized carbons (Fsp3) is 0.125. The predicted molar refractivity (Wildman–Crippen MR) is 53.8 cm³/mol. The van der Waals surface area contributed by atoms with Crippen LogP contribution in [0.2, 0.25) is 5.02 Å². The van der Waals surface area contributed by atoms with Crippen molar-refractivity contribution >= 4 is 40.3 Å². The Hall–Kier alpha value is -1.20. The van der Waals surface area contributed by atoms with Crippen molar-refractivity contribution in [3.8, 4) is 0 Å². The van der Waals surface area contributed by atoms with E-state index in [2.05, 4.69) is 8.75 Å². The van der Waals surface area contributed by atoms with Crippen LogP contribution in [0.15, 0.2) is 12.1 Å². The van der Waals surface area contributed by atoms with Crippen LogP contribution in [0, 0.1) is 0 Å². The van der Waals surface area contributed by atoms with Crippen LogP contribution in [0.4, 0.5) is 0 Å². The van der Waals surface area contributed by atoms with E-state index in [4.69, 9.17) is 16.7 Å². The van der Waals surface area contributed by atoms with Gasteiger partial charge in [-0.1, -0.05) is 17.7 Å². The highest BCUT2D eigenvalue weighted by molar-refractivity contribution is 7.00. The highest BCUT2D eigenvalue weighted by Gasteiger charge is 2.11. The Kier molecular flexibility index (Phi) is 2.35. The number of aromatic nitrogens is 2. The van der Waals surface area contributed by atoms with Gasteiger partial charge in [0.15, 0.2) is 0 Å². The maximum atomic E-state index is 10.5. The van der Waals surface area contributed by atoms with E-state index in [0.29, 0.717) is 21.6 Å². The number of nitrogens with zero attached hydrogens (tertiary/aromatic N) is 2. The van der Waals surface area contributed by atoms with Crippen LogP contribution >= 0.6 is 23.3 Å². The molecule has 0 aliphatic rings. The number of aliphatic carboxylic acids is 1. The van der Waals surface area contributed by atoms with E-state index in [0.717, 1.165) is 11.7 Å². The predicted octanol–water partition coefficient (Wildman–Crippen LogP) is 1.97. The molecule has 2 rings (SSSR count). The molecule has 1 N–H and O–H groups in total. The zero-order valence-electron chi connectivity index (χ0n) is 6.90. The second-order valence-corrected chi connectivity index (χ2v) is 3.67. The largest absolute Gasteiger partial charge is 0.481 e. The molecule has 4 nitrogen and oxygen atoms in total. The number of hydrogen-bond acceptors (Lipinski definition) is 4. The molecule has 14 heavy (non-hydrogen) atoms. The molecule has 0 aliphatic carbocycles. The molecule has 0 aliphatic heterocycles. The molecule has 0 fully saturated rings. The zero-order valence-corrected chi connectivity index (χ0v) is 8.47. The van der Waals surface area contributed by atoms with E-state index in [1.165, 1.54) is 0 Å². The molecule has 1 aromatic heterocycles. The quantitative estimate of drug-likeness (QED) is 0.854. The first-order chi connectivity index (χ1) is 6.68. The van der Waals surface area contributed by atoms with Crippen molar-refractivity contribution < 1.29 is 9.90 Å². The Labute approximate surface area is 88.5 Å². The molecule has 0 spiro atoms. The number of benzene rings is 1. The first-order valence-corrected chi connectivity index (χ1v) is 4.91. The van der Waals surface area contributed by atoms with Gasteiger partial charge < -0.3 is 5.11 Å². The molecule has 0 amide bonds. The molecule has 0 unspecified atom stereocenters. The summed E-state index contributed by atoms with van der Waals surface area (Å²) in [5.74, 6) is -0.887. The lowest BCUT2D eigenvalue weighted by Crippen LogP contribution is -2.00. The average molecular weight is 229 g/mol. The maximum Gasteiger partial charge on any atom is 0.307 e. The molecule has 0 bridgehead atoms. The standard InChI is InChI=1S/C8H5ClN2O2S/c9-5-2-1-4(3-6(12)13)7-8(5)11-14-10-7/h1-2H,3H2,(H,12,13). The Morgan fingerprint density at radius 1 is 1.43 bits per heavy atom. The van der Waals surface area contributed by atoms with Crippen molar-refractivity contribution in [2.24, 2.45) is 0 Å². The highest BCUT2D eigenvalue weighted by atomic mass is 35.5. The van der Waals surface area contributed by atoms with Gasteiger partial charge in [0.2, 0.25) is 0 Å². The van der Waals surface area contributed by atoms with E-state index in [9.17, 15) is 4.79 Å². The van der Waals surface area contributed by atoms with E-state index in [1.807, 2.05) is 0 Å². The number of carboxylic acids is 1. The smallest absolute Gasteiger partial charge is 0.307 e. The lowest BCUT2D eigenvalue weighted by molar-refractivity contribution is -0.136. The Morgan fingerprint density at radius 3 is 2.86 bits per heavy atom. The van der Waals surface area contributed by atoms with E-state index < -0.39 is 5.97 Å². The minimum absolute atomic E-state index is 0.0565. The summed E-state index contributed by atoms with van der Waals surface area (Å²) in [5.41, 5.74) is 1.81. The summed E-state index contributed by atoms with van der Waals surface area (Å²) >= 11 is 6.89. The van der Waals surface area contributed by atoms with Gasteiger partial charge in [-0.3, -0.25) is 4.79 Å². The van der Waals surface area contributed by atoms with Crippen molar-refractivity contribution in [3.63, 3.8) is 0 Å². The van der Waals surface area contributed by atoms with Gasteiger partial charge in [0, 0.05) is 0 Å². The van der Waals surface area contributed by atoms with E-state index in [-0.39, 0.29) is 6.42 Å². The number of carboxylic acid groups (broad SMARTS) is 1. The second-order valence-electron chi connectivity index (χ2n) is 2.74. The fourth-order valence-electron chi connectivity index (χ4n) is 1.19. The Morgan fingerprint density at radius 2 is 2.14 bits per heavy atom. The molecule has 0 saturated heterocycles. The third kappa shape index (κ3) is 1.56. The molecular formula is C8H5ClN2O2S.